The maximum atomic E-state index is 11.8. The number of rotatable bonds is 7. The molecule has 2 rings (SSSR count). The van der Waals surface area contributed by atoms with Crippen LogP contribution in [0.1, 0.15) is 58.3 Å². The van der Waals surface area contributed by atoms with Crippen molar-refractivity contribution in [2.24, 2.45) is 5.41 Å². The normalized spacial score (nSPS) is 18.0. The van der Waals surface area contributed by atoms with Crippen LogP contribution < -0.4 is 4.90 Å². The lowest BCUT2D eigenvalue weighted by Gasteiger charge is -2.35. The van der Waals surface area contributed by atoms with Crippen LogP contribution in [0.5, 0.6) is 0 Å². The second kappa shape index (κ2) is 8.21. The van der Waals surface area contributed by atoms with Crippen molar-refractivity contribution in [1.29, 1.82) is 0 Å². The summed E-state index contributed by atoms with van der Waals surface area (Å²) in [5, 5.41) is 0. The molecule has 0 saturated heterocycles. The van der Waals surface area contributed by atoms with Crippen LogP contribution in [0.15, 0.2) is 30.3 Å². The van der Waals surface area contributed by atoms with Crippen molar-refractivity contribution in [2.75, 3.05) is 18.0 Å². The van der Waals surface area contributed by atoms with Crippen molar-refractivity contribution in [3.63, 3.8) is 0 Å². The molecule has 1 aromatic rings. The van der Waals surface area contributed by atoms with Crippen molar-refractivity contribution in [2.45, 2.75) is 58.3 Å². The summed E-state index contributed by atoms with van der Waals surface area (Å²) in [6.07, 6.45) is 10.7. The number of para-hydroxylation sites is 1. The van der Waals surface area contributed by atoms with Gasteiger partial charge in [0.1, 0.15) is 6.29 Å². The number of benzene rings is 1. The van der Waals surface area contributed by atoms with E-state index in [9.17, 15) is 4.79 Å². The van der Waals surface area contributed by atoms with E-state index in [4.69, 9.17) is 0 Å². The molecular weight excluding hydrogens is 258 g/mol. The molecule has 21 heavy (non-hydrogen) atoms. The van der Waals surface area contributed by atoms with Gasteiger partial charge in [0.25, 0.3) is 0 Å². The molecule has 0 amide bonds. The van der Waals surface area contributed by atoms with Gasteiger partial charge >= 0.3 is 0 Å². The first-order valence-corrected chi connectivity index (χ1v) is 8.56. The SMILES string of the molecule is CCCCN(CC1(C=O)CCCCCC1)c1ccccc1. The molecule has 2 nitrogen and oxygen atoms in total. The summed E-state index contributed by atoms with van der Waals surface area (Å²) in [5.41, 5.74) is 1.14. The second-order valence-corrected chi connectivity index (χ2v) is 6.51. The molecule has 1 aromatic carbocycles. The summed E-state index contributed by atoms with van der Waals surface area (Å²) in [5.74, 6) is 0. The minimum atomic E-state index is -0.125. The van der Waals surface area contributed by atoms with Crippen molar-refractivity contribution in [3.05, 3.63) is 30.3 Å². The maximum Gasteiger partial charge on any atom is 0.127 e. The van der Waals surface area contributed by atoms with Crippen LogP contribution in [0.2, 0.25) is 0 Å². The summed E-state index contributed by atoms with van der Waals surface area (Å²) in [6, 6.07) is 10.6. The Labute approximate surface area is 129 Å². The molecule has 0 bridgehead atoms. The zero-order chi connectivity index (χ0) is 15.0. The van der Waals surface area contributed by atoms with Crippen LogP contribution in [-0.2, 0) is 4.79 Å². The predicted octanol–water partition coefficient (Wildman–Crippen LogP) is 4.83. The Hall–Kier alpha value is -1.31. The van der Waals surface area contributed by atoms with Gasteiger partial charge in [-0.25, -0.2) is 0 Å². The number of carbonyl (C=O) groups excluding carboxylic acids is 1. The van der Waals surface area contributed by atoms with E-state index in [0.717, 1.165) is 25.9 Å². The van der Waals surface area contributed by atoms with Gasteiger partial charge in [0.2, 0.25) is 0 Å². The monoisotopic (exact) mass is 287 g/mol. The van der Waals surface area contributed by atoms with Gasteiger partial charge in [-0.2, -0.15) is 0 Å². The third-order valence-corrected chi connectivity index (χ3v) is 4.76. The number of carbonyl (C=O) groups is 1. The van der Waals surface area contributed by atoms with Crippen molar-refractivity contribution < 1.29 is 4.79 Å². The largest absolute Gasteiger partial charge is 0.371 e. The topological polar surface area (TPSA) is 20.3 Å². The maximum absolute atomic E-state index is 11.8. The number of anilines is 1. The lowest BCUT2D eigenvalue weighted by atomic mass is 9.81. The summed E-state index contributed by atoms with van der Waals surface area (Å²) in [4.78, 5) is 14.3. The van der Waals surface area contributed by atoms with E-state index in [1.54, 1.807) is 0 Å². The number of nitrogens with zero attached hydrogens (tertiary/aromatic N) is 1. The molecule has 1 aliphatic carbocycles. The molecular formula is C19H29NO. The van der Waals surface area contributed by atoms with Crippen LogP contribution in [0.4, 0.5) is 5.69 Å². The van der Waals surface area contributed by atoms with Crippen LogP contribution in [-0.4, -0.2) is 19.4 Å². The van der Waals surface area contributed by atoms with E-state index in [1.807, 2.05) is 0 Å². The van der Waals surface area contributed by atoms with E-state index < -0.39 is 0 Å². The second-order valence-electron chi connectivity index (χ2n) is 6.51. The van der Waals surface area contributed by atoms with Crippen molar-refractivity contribution in [1.82, 2.24) is 0 Å². The van der Waals surface area contributed by atoms with E-state index >= 15 is 0 Å². The number of aldehydes is 1. The fourth-order valence-corrected chi connectivity index (χ4v) is 3.41. The van der Waals surface area contributed by atoms with E-state index in [1.165, 1.54) is 50.5 Å². The summed E-state index contributed by atoms with van der Waals surface area (Å²) in [7, 11) is 0. The third kappa shape index (κ3) is 4.59. The molecule has 0 atom stereocenters. The van der Waals surface area contributed by atoms with Crippen LogP contribution >= 0.6 is 0 Å². The van der Waals surface area contributed by atoms with Crippen LogP contribution in [0.25, 0.3) is 0 Å². The molecule has 0 aliphatic heterocycles. The van der Waals surface area contributed by atoms with Gasteiger partial charge in [-0.15, -0.1) is 0 Å². The molecule has 0 N–H and O–H groups in total. The molecule has 0 radical (unpaired) electrons. The van der Waals surface area contributed by atoms with Crippen molar-refractivity contribution in [3.8, 4) is 0 Å². The Morgan fingerprint density at radius 3 is 2.33 bits per heavy atom. The van der Waals surface area contributed by atoms with Gasteiger partial charge in [-0.05, 0) is 31.4 Å². The van der Waals surface area contributed by atoms with E-state index in [-0.39, 0.29) is 5.41 Å². The van der Waals surface area contributed by atoms with Gasteiger partial charge in [-0.3, -0.25) is 0 Å². The number of hydrogen-bond donors (Lipinski definition) is 0. The summed E-state index contributed by atoms with van der Waals surface area (Å²) < 4.78 is 0. The number of unbranched alkanes of at least 4 members (excludes halogenated alkanes) is 1. The van der Waals surface area contributed by atoms with Gasteiger partial charge in [0.15, 0.2) is 0 Å². The van der Waals surface area contributed by atoms with E-state index in [2.05, 4.69) is 42.2 Å². The van der Waals surface area contributed by atoms with Gasteiger partial charge in [0.05, 0.1) is 0 Å². The lowest BCUT2D eigenvalue weighted by molar-refractivity contribution is -0.116. The quantitative estimate of drug-likeness (QED) is 0.528. The van der Waals surface area contributed by atoms with Crippen LogP contribution in [0, 0.1) is 5.41 Å². The Morgan fingerprint density at radius 1 is 1.10 bits per heavy atom. The molecule has 0 spiro atoms. The molecule has 2 heteroatoms. The van der Waals surface area contributed by atoms with Crippen molar-refractivity contribution >= 4 is 12.0 Å². The molecule has 1 fully saturated rings. The minimum absolute atomic E-state index is 0.125. The molecule has 116 valence electrons. The molecule has 1 saturated carbocycles. The van der Waals surface area contributed by atoms with Gasteiger partial charge in [-0.1, -0.05) is 57.2 Å². The van der Waals surface area contributed by atoms with Gasteiger partial charge in [0, 0.05) is 24.2 Å². The predicted molar refractivity (Wildman–Crippen MR) is 89.8 cm³/mol. The fourth-order valence-electron chi connectivity index (χ4n) is 3.41. The summed E-state index contributed by atoms with van der Waals surface area (Å²) >= 11 is 0. The lowest BCUT2D eigenvalue weighted by Crippen LogP contribution is -2.39. The Morgan fingerprint density at radius 2 is 1.76 bits per heavy atom. The van der Waals surface area contributed by atoms with Gasteiger partial charge < -0.3 is 9.69 Å². The molecule has 0 unspecified atom stereocenters. The third-order valence-electron chi connectivity index (χ3n) is 4.76. The smallest absolute Gasteiger partial charge is 0.127 e. The molecule has 1 aliphatic rings. The highest BCUT2D eigenvalue weighted by Gasteiger charge is 2.32. The zero-order valence-electron chi connectivity index (χ0n) is 13.4. The average molecular weight is 287 g/mol. The van der Waals surface area contributed by atoms with Crippen LogP contribution in [0.3, 0.4) is 0 Å². The highest BCUT2D eigenvalue weighted by Crippen LogP contribution is 2.35. The molecule has 0 heterocycles. The first-order valence-electron chi connectivity index (χ1n) is 8.56. The zero-order valence-corrected chi connectivity index (χ0v) is 13.4. The first kappa shape index (κ1) is 16.1. The number of hydrogen-bond acceptors (Lipinski definition) is 2. The Bertz CT molecular complexity index is 407. The average Bonchev–Trinajstić information content (AvgIpc) is 2.78. The fraction of sp³-hybridized carbons (Fsp3) is 0.632. The highest BCUT2D eigenvalue weighted by atomic mass is 16.1. The minimum Gasteiger partial charge on any atom is -0.371 e. The Balaban J connectivity index is 2.14. The standard InChI is InChI=1S/C19H29NO/c1-2-3-15-20(18-11-7-6-8-12-18)16-19(17-21)13-9-4-5-10-14-19/h6-8,11-12,17H,2-5,9-10,13-16H2,1H3. The van der Waals surface area contributed by atoms with E-state index in [0.29, 0.717) is 0 Å². The molecule has 0 aromatic heterocycles. The highest BCUT2D eigenvalue weighted by molar-refractivity contribution is 5.62. The summed E-state index contributed by atoms with van der Waals surface area (Å²) in [6.45, 7) is 4.17. The Kier molecular flexibility index (Phi) is 6.28. The first-order chi connectivity index (χ1) is 10.3.